The van der Waals surface area contributed by atoms with Crippen LogP contribution in [-0.2, 0) is 19.3 Å². The second-order valence-electron chi connectivity index (χ2n) is 10.5. The predicted octanol–water partition coefficient (Wildman–Crippen LogP) is 6.14. The molecule has 0 radical (unpaired) electrons. The zero-order chi connectivity index (χ0) is 27.1. The number of nitrogens with two attached hydrogens (primary N) is 1. The summed E-state index contributed by atoms with van der Waals surface area (Å²) in [6.07, 6.45) is 5.94. The first-order valence-corrected chi connectivity index (χ1v) is 13.7. The quantitative estimate of drug-likeness (QED) is 0.197. The number of nitrogens with one attached hydrogen (secondary N) is 1. The van der Waals surface area contributed by atoms with E-state index >= 15 is 0 Å². The Balaban J connectivity index is 1.58. The summed E-state index contributed by atoms with van der Waals surface area (Å²) in [5, 5.41) is 14.4. The Kier molecular flexibility index (Phi) is 9.40. The Hall–Kier alpha value is -3.38. The van der Waals surface area contributed by atoms with Crippen LogP contribution in [0.25, 0.3) is 11.1 Å². The maximum Gasteiger partial charge on any atom is 0.166 e. The van der Waals surface area contributed by atoms with Crippen molar-refractivity contribution >= 4 is 5.69 Å². The van der Waals surface area contributed by atoms with Crippen molar-refractivity contribution in [3.63, 3.8) is 0 Å². The van der Waals surface area contributed by atoms with Crippen molar-refractivity contribution in [1.29, 1.82) is 0 Å². The van der Waals surface area contributed by atoms with Gasteiger partial charge in [0.05, 0.1) is 14.2 Å². The third-order valence-electron chi connectivity index (χ3n) is 7.34. The second kappa shape index (κ2) is 12.9. The van der Waals surface area contributed by atoms with E-state index in [-0.39, 0.29) is 5.75 Å². The highest BCUT2D eigenvalue weighted by atomic mass is 16.5. The van der Waals surface area contributed by atoms with Crippen LogP contribution in [0.5, 0.6) is 23.0 Å². The van der Waals surface area contributed by atoms with E-state index in [9.17, 15) is 5.11 Å². The summed E-state index contributed by atoms with van der Waals surface area (Å²) in [4.78, 5) is 0. The van der Waals surface area contributed by atoms with Gasteiger partial charge in [0.1, 0.15) is 18.1 Å². The van der Waals surface area contributed by atoms with E-state index in [1.165, 1.54) is 17.5 Å². The Morgan fingerprint density at radius 1 is 0.974 bits per heavy atom. The lowest BCUT2D eigenvalue weighted by molar-refractivity contribution is 0.312. The standard InChI is InChI=1S/C32H42N2O4/c1-21(2)15-16-34-17-18-38-24-12-9-22(10-13-24)19-27-31(33)26(20-29(36-3)32(27)37-4)30-25-8-6-5-7-23(25)11-14-28(30)35/h9-14,20-21,34-35H,5-8,15-19,33H2,1-4H3. The molecule has 6 heteroatoms. The van der Waals surface area contributed by atoms with Crippen LogP contribution in [0, 0.1) is 5.92 Å². The predicted molar refractivity (Wildman–Crippen MR) is 155 cm³/mol. The van der Waals surface area contributed by atoms with Gasteiger partial charge in [-0.05, 0) is 85.5 Å². The van der Waals surface area contributed by atoms with Crippen molar-refractivity contribution in [2.45, 2.75) is 52.4 Å². The molecule has 3 aromatic rings. The molecule has 38 heavy (non-hydrogen) atoms. The lowest BCUT2D eigenvalue weighted by Crippen LogP contribution is -2.23. The van der Waals surface area contributed by atoms with Crippen LogP contribution in [0.3, 0.4) is 0 Å². The summed E-state index contributed by atoms with van der Waals surface area (Å²) in [5.74, 6) is 3.01. The fraction of sp³-hybridized carbons (Fsp3) is 0.438. The van der Waals surface area contributed by atoms with E-state index in [1.54, 1.807) is 20.3 Å². The maximum absolute atomic E-state index is 10.9. The first kappa shape index (κ1) is 27.6. The molecule has 4 rings (SSSR count). The van der Waals surface area contributed by atoms with Crippen LogP contribution in [0.1, 0.15) is 55.4 Å². The number of rotatable bonds is 12. The molecule has 1 aliphatic rings. The van der Waals surface area contributed by atoms with Crippen LogP contribution in [-0.4, -0.2) is 39.0 Å². The van der Waals surface area contributed by atoms with Crippen LogP contribution < -0.4 is 25.3 Å². The maximum atomic E-state index is 10.9. The number of nitrogen functional groups attached to an aromatic ring is 1. The van der Waals surface area contributed by atoms with Crippen molar-refractivity contribution in [3.8, 4) is 34.1 Å². The zero-order valence-electron chi connectivity index (χ0n) is 23.2. The summed E-state index contributed by atoms with van der Waals surface area (Å²) >= 11 is 0. The highest BCUT2D eigenvalue weighted by Crippen LogP contribution is 2.47. The van der Waals surface area contributed by atoms with Crippen molar-refractivity contribution in [3.05, 3.63) is 64.7 Å². The molecule has 1 aliphatic carbocycles. The van der Waals surface area contributed by atoms with Gasteiger partial charge in [-0.2, -0.15) is 0 Å². The molecule has 0 heterocycles. The smallest absolute Gasteiger partial charge is 0.166 e. The molecule has 3 aromatic carbocycles. The molecule has 0 aliphatic heterocycles. The molecule has 6 nitrogen and oxygen atoms in total. The number of hydrogen-bond acceptors (Lipinski definition) is 6. The number of aromatic hydroxyl groups is 1. The largest absolute Gasteiger partial charge is 0.507 e. The first-order chi connectivity index (χ1) is 18.4. The second-order valence-corrected chi connectivity index (χ2v) is 10.5. The van der Waals surface area contributed by atoms with Crippen molar-refractivity contribution in [1.82, 2.24) is 5.32 Å². The van der Waals surface area contributed by atoms with E-state index in [4.69, 9.17) is 19.9 Å². The van der Waals surface area contributed by atoms with Crippen LogP contribution >= 0.6 is 0 Å². The van der Waals surface area contributed by atoms with Crippen molar-refractivity contribution in [2.75, 3.05) is 39.6 Å². The number of hydrogen-bond donors (Lipinski definition) is 3. The first-order valence-electron chi connectivity index (χ1n) is 13.7. The van der Waals surface area contributed by atoms with Gasteiger partial charge in [0.15, 0.2) is 11.5 Å². The number of ether oxygens (including phenoxy) is 3. The van der Waals surface area contributed by atoms with E-state index in [2.05, 4.69) is 31.3 Å². The van der Waals surface area contributed by atoms with Gasteiger partial charge in [0.25, 0.3) is 0 Å². The Labute approximate surface area is 227 Å². The minimum Gasteiger partial charge on any atom is -0.507 e. The fourth-order valence-electron chi connectivity index (χ4n) is 5.25. The molecular weight excluding hydrogens is 476 g/mol. The Morgan fingerprint density at radius 3 is 2.45 bits per heavy atom. The summed E-state index contributed by atoms with van der Waals surface area (Å²) in [6, 6.07) is 13.8. The van der Waals surface area contributed by atoms with Crippen LogP contribution in [0.15, 0.2) is 42.5 Å². The molecule has 0 bridgehead atoms. The average molecular weight is 519 g/mol. The number of methoxy groups -OCH3 is 2. The highest BCUT2D eigenvalue weighted by molar-refractivity contribution is 5.88. The summed E-state index contributed by atoms with van der Waals surface area (Å²) in [6.45, 7) is 6.92. The van der Waals surface area contributed by atoms with E-state index < -0.39 is 0 Å². The van der Waals surface area contributed by atoms with Gasteiger partial charge in [-0.1, -0.05) is 32.0 Å². The van der Waals surface area contributed by atoms with Gasteiger partial charge in [-0.15, -0.1) is 0 Å². The number of phenolic OH excluding ortho intramolecular Hbond substituents is 1. The fourth-order valence-corrected chi connectivity index (χ4v) is 5.25. The lowest BCUT2D eigenvalue weighted by atomic mass is 9.84. The molecule has 0 saturated heterocycles. The molecule has 0 aromatic heterocycles. The number of benzene rings is 3. The summed E-state index contributed by atoms with van der Waals surface area (Å²) < 4.78 is 17.4. The summed E-state index contributed by atoms with van der Waals surface area (Å²) in [5.41, 5.74) is 13.4. The number of aryl methyl sites for hydroxylation is 1. The Morgan fingerprint density at radius 2 is 1.74 bits per heavy atom. The van der Waals surface area contributed by atoms with E-state index in [0.29, 0.717) is 36.1 Å². The third kappa shape index (κ3) is 6.36. The normalized spacial score (nSPS) is 12.9. The minimum atomic E-state index is 0.246. The average Bonchev–Trinajstić information content (AvgIpc) is 2.92. The summed E-state index contributed by atoms with van der Waals surface area (Å²) in [7, 11) is 3.26. The molecule has 0 fully saturated rings. The van der Waals surface area contributed by atoms with Gasteiger partial charge < -0.3 is 30.4 Å². The van der Waals surface area contributed by atoms with Gasteiger partial charge in [0, 0.05) is 35.3 Å². The minimum absolute atomic E-state index is 0.246. The highest BCUT2D eigenvalue weighted by Gasteiger charge is 2.24. The van der Waals surface area contributed by atoms with Crippen molar-refractivity contribution in [2.24, 2.45) is 5.92 Å². The Bertz CT molecular complexity index is 1220. The van der Waals surface area contributed by atoms with Gasteiger partial charge in [0.2, 0.25) is 0 Å². The monoisotopic (exact) mass is 518 g/mol. The molecule has 0 saturated carbocycles. The molecule has 204 valence electrons. The van der Waals surface area contributed by atoms with Gasteiger partial charge >= 0.3 is 0 Å². The third-order valence-corrected chi connectivity index (χ3v) is 7.34. The molecular formula is C32H42N2O4. The van der Waals surface area contributed by atoms with Crippen LogP contribution in [0.2, 0.25) is 0 Å². The lowest BCUT2D eigenvalue weighted by Gasteiger charge is -2.24. The number of fused-ring (bicyclic) bond motifs is 1. The molecule has 0 unspecified atom stereocenters. The van der Waals surface area contributed by atoms with E-state index in [1.807, 2.05) is 24.3 Å². The molecule has 0 spiro atoms. The van der Waals surface area contributed by atoms with Crippen molar-refractivity contribution < 1.29 is 19.3 Å². The van der Waals surface area contributed by atoms with Gasteiger partial charge in [-0.3, -0.25) is 0 Å². The number of phenols is 1. The topological polar surface area (TPSA) is 86.0 Å². The SMILES string of the molecule is COc1cc(-c2c(O)ccc3c2CCCC3)c(N)c(Cc2ccc(OCCNCCC(C)C)cc2)c1OC. The molecule has 4 N–H and O–H groups in total. The van der Waals surface area contributed by atoms with E-state index in [0.717, 1.165) is 66.8 Å². The van der Waals surface area contributed by atoms with Crippen LogP contribution in [0.4, 0.5) is 5.69 Å². The molecule has 0 atom stereocenters. The zero-order valence-corrected chi connectivity index (χ0v) is 23.2. The van der Waals surface area contributed by atoms with Gasteiger partial charge in [-0.25, -0.2) is 0 Å². The number of anilines is 1. The molecule has 0 amide bonds.